The van der Waals surface area contributed by atoms with Crippen LogP contribution in [0.4, 0.5) is 22.0 Å². The van der Waals surface area contributed by atoms with E-state index in [1.54, 1.807) is 0 Å². The van der Waals surface area contributed by atoms with Gasteiger partial charge in [-0.2, -0.15) is 18.2 Å². The lowest BCUT2D eigenvalue weighted by Gasteiger charge is -2.07. The Morgan fingerprint density at radius 1 is 1.08 bits per heavy atom. The van der Waals surface area contributed by atoms with Gasteiger partial charge in [-0.05, 0) is 24.3 Å². The maximum atomic E-state index is 13.6. The van der Waals surface area contributed by atoms with Crippen molar-refractivity contribution in [1.82, 2.24) is 10.1 Å². The zero-order valence-electron chi connectivity index (χ0n) is 11.6. The van der Waals surface area contributed by atoms with E-state index in [1.807, 2.05) is 0 Å². The molecule has 1 radical (unpaired) electrons. The Kier molecular flexibility index (Phi) is 3.92. The summed E-state index contributed by atoms with van der Waals surface area (Å²) in [6.07, 6.45) is -4.76. The van der Waals surface area contributed by atoms with E-state index in [4.69, 9.17) is 4.74 Å². The average Bonchev–Trinajstić information content (AvgIpc) is 3.01. The van der Waals surface area contributed by atoms with Crippen LogP contribution in [0, 0.1) is 17.7 Å². The summed E-state index contributed by atoms with van der Waals surface area (Å²) in [6, 6.07) is 9.26. The minimum absolute atomic E-state index is 0.0173. The fraction of sp³-hybridized carbons (Fsp3) is 0.0667. The van der Waals surface area contributed by atoms with Crippen LogP contribution >= 0.6 is 0 Å². The lowest BCUT2D eigenvalue weighted by Crippen LogP contribution is -2.04. The molecule has 0 saturated carbocycles. The van der Waals surface area contributed by atoms with Gasteiger partial charge in [0.1, 0.15) is 11.6 Å². The van der Waals surface area contributed by atoms with Gasteiger partial charge in [0.2, 0.25) is 5.82 Å². The van der Waals surface area contributed by atoms with Gasteiger partial charge in [0.05, 0.1) is 0 Å². The van der Waals surface area contributed by atoms with Gasteiger partial charge < -0.3 is 9.26 Å². The lowest BCUT2D eigenvalue weighted by atomic mass is 10.2. The van der Waals surface area contributed by atoms with E-state index in [-0.39, 0.29) is 22.9 Å². The molecule has 0 spiro atoms. The van der Waals surface area contributed by atoms with Gasteiger partial charge in [-0.15, -0.1) is 0 Å². The van der Waals surface area contributed by atoms with E-state index < -0.39 is 23.7 Å². The van der Waals surface area contributed by atoms with Crippen LogP contribution in [0.2, 0.25) is 0 Å². The second-order valence-electron chi connectivity index (χ2n) is 4.54. The topological polar surface area (TPSA) is 48.2 Å². The van der Waals surface area contributed by atoms with E-state index in [2.05, 4.69) is 20.7 Å². The third kappa shape index (κ3) is 3.34. The summed E-state index contributed by atoms with van der Waals surface area (Å²) in [7, 11) is 0. The van der Waals surface area contributed by atoms with Crippen LogP contribution in [-0.4, -0.2) is 10.1 Å². The Bertz CT molecular complexity index is 876. The Morgan fingerprint density at radius 3 is 2.54 bits per heavy atom. The van der Waals surface area contributed by atoms with Gasteiger partial charge in [0.15, 0.2) is 11.6 Å². The molecule has 0 aliphatic heterocycles. The van der Waals surface area contributed by atoms with Crippen molar-refractivity contribution < 1.29 is 31.2 Å². The van der Waals surface area contributed by atoms with Gasteiger partial charge in [-0.25, -0.2) is 8.78 Å². The quantitative estimate of drug-likeness (QED) is 0.652. The fourth-order valence-electron chi connectivity index (χ4n) is 1.77. The van der Waals surface area contributed by atoms with Crippen molar-refractivity contribution in [1.29, 1.82) is 0 Å². The molecule has 0 fully saturated rings. The number of hydrogen-bond donors (Lipinski definition) is 0. The molecule has 123 valence electrons. The molecule has 0 bridgehead atoms. The van der Waals surface area contributed by atoms with Crippen LogP contribution in [0.5, 0.6) is 11.5 Å². The molecule has 1 aromatic heterocycles. The largest absolute Gasteiger partial charge is 0.471 e. The second-order valence-corrected chi connectivity index (χ2v) is 4.54. The van der Waals surface area contributed by atoms with Crippen molar-refractivity contribution in [3.8, 4) is 22.9 Å². The number of aromatic nitrogens is 2. The molecule has 0 amide bonds. The Balaban J connectivity index is 1.88. The predicted molar refractivity (Wildman–Crippen MR) is 70.0 cm³/mol. The molecule has 24 heavy (non-hydrogen) atoms. The van der Waals surface area contributed by atoms with Crippen LogP contribution in [0.3, 0.4) is 0 Å². The molecule has 3 rings (SSSR count). The first kappa shape index (κ1) is 15.9. The molecular weight excluding hydrogens is 335 g/mol. The van der Waals surface area contributed by atoms with E-state index in [0.717, 1.165) is 12.1 Å². The Morgan fingerprint density at radius 2 is 1.88 bits per heavy atom. The average molecular weight is 341 g/mol. The van der Waals surface area contributed by atoms with Crippen LogP contribution in [-0.2, 0) is 6.18 Å². The smallest absolute Gasteiger partial charge is 0.454 e. The number of hydrogen-bond acceptors (Lipinski definition) is 4. The van der Waals surface area contributed by atoms with Crippen molar-refractivity contribution in [2.24, 2.45) is 0 Å². The van der Waals surface area contributed by atoms with Crippen molar-refractivity contribution >= 4 is 0 Å². The van der Waals surface area contributed by atoms with Crippen LogP contribution < -0.4 is 4.74 Å². The first-order chi connectivity index (χ1) is 11.3. The normalized spacial score (nSPS) is 11.5. The van der Waals surface area contributed by atoms with Crippen LogP contribution in [0.15, 0.2) is 40.9 Å². The van der Waals surface area contributed by atoms with Crippen molar-refractivity contribution in [3.05, 3.63) is 60.0 Å². The second kappa shape index (κ2) is 5.91. The number of ether oxygens (including phenoxy) is 1. The van der Waals surface area contributed by atoms with Crippen molar-refractivity contribution in [2.75, 3.05) is 0 Å². The summed E-state index contributed by atoms with van der Waals surface area (Å²) in [5.74, 6) is -3.81. The standard InChI is InChI=1S/C15H6F5N2O2/c16-9-4-5-12(11(17)7-9)23-10-3-1-2-8(6-10)13-21-14(24-22-13)15(18,19)20/h1-2,4-7H. The van der Waals surface area contributed by atoms with Crippen molar-refractivity contribution in [3.63, 3.8) is 0 Å². The van der Waals surface area contributed by atoms with Gasteiger partial charge >= 0.3 is 12.1 Å². The SMILES string of the molecule is Fc1ccc(Oc2[c]ccc(-c3noc(C(F)(F)F)n3)c2)c(F)c1. The molecule has 3 aromatic rings. The molecule has 0 aliphatic rings. The zero-order valence-corrected chi connectivity index (χ0v) is 11.6. The number of alkyl halides is 3. The molecule has 9 heteroatoms. The highest BCUT2D eigenvalue weighted by atomic mass is 19.4. The van der Waals surface area contributed by atoms with E-state index in [9.17, 15) is 22.0 Å². The molecule has 0 unspecified atom stereocenters. The van der Waals surface area contributed by atoms with Gasteiger partial charge in [0, 0.05) is 17.7 Å². The summed E-state index contributed by atoms with van der Waals surface area (Å²) in [5, 5.41) is 3.23. The maximum Gasteiger partial charge on any atom is 0.471 e. The van der Waals surface area contributed by atoms with Gasteiger partial charge in [-0.1, -0.05) is 11.2 Å². The number of rotatable bonds is 3. The third-order valence-corrected chi connectivity index (χ3v) is 2.82. The van der Waals surface area contributed by atoms with Gasteiger partial charge in [-0.3, -0.25) is 0 Å². The minimum atomic E-state index is -4.76. The molecule has 1 heterocycles. The van der Waals surface area contributed by atoms with Gasteiger partial charge in [0.25, 0.3) is 0 Å². The summed E-state index contributed by atoms with van der Waals surface area (Å²) < 4.78 is 73.1. The molecule has 0 saturated heterocycles. The number of nitrogens with zero attached hydrogens (tertiary/aromatic N) is 2. The zero-order chi connectivity index (χ0) is 17.3. The first-order valence-electron chi connectivity index (χ1n) is 6.39. The van der Waals surface area contributed by atoms with E-state index >= 15 is 0 Å². The van der Waals surface area contributed by atoms with E-state index in [1.165, 1.54) is 18.2 Å². The molecule has 0 N–H and O–H groups in total. The molecule has 2 aromatic carbocycles. The third-order valence-electron chi connectivity index (χ3n) is 2.82. The highest BCUT2D eigenvalue weighted by Gasteiger charge is 2.38. The first-order valence-corrected chi connectivity index (χ1v) is 6.39. The fourth-order valence-corrected chi connectivity index (χ4v) is 1.77. The van der Waals surface area contributed by atoms with Crippen LogP contribution in [0.1, 0.15) is 5.89 Å². The summed E-state index contributed by atoms with van der Waals surface area (Å²) in [6.45, 7) is 0. The van der Waals surface area contributed by atoms with Crippen LogP contribution in [0.25, 0.3) is 11.4 Å². The number of halogens is 5. The number of benzene rings is 2. The lowest BCUT2D eigenvalue weighted by molar-refractivity contribution is -0.159. The highest BCUT2D eigenvalue weighted by Crippen LogP contribution is 2.31. The minimum Gasteiger partial charge on any atom is -0.454 e. The maximum absolute atomic E-state index is 13.6. The Labute approximate surface area is 131 Å². The predicted octanol–water partition coefficient (Wildman–Crippen LogP) is 4.63. The van der Waals surface area contributed by atoms with Crippen molar-refractivity contribution in [2.45, 2.75) is 6.18 Å². The molecule has 4 nitrogen and oxygen atoms in total. The highest BCUT2D eigenvalue weighted by molar-refractivity contribution is 5.57. The summed E-state index contributed by atoms with van der Waals surface area (Å²) in [4.78, 5) is 3.23. The molecular formula is C15H6F5N2O2. The summed E-state index contributed by atoms with van der Waals surface area (Å²) >= 11 is 0. The molecule has 0 aliphatic carbocycles. The molecule has 0 atom stereocenters. The van der Waals surface area contributed by atoms with E-state index in [0.29, 0.717) is 6.07 Å². The summed E-state index contributed by atoms with van der Waals surface area (Å²) in [5.41, 5.74) is 0.144. The monoisotopic (exact) mass is 341 g/mol. The Hall–Kier alpha value is -2.97.